The molecule has 1 aliphatic carbocycles. The van der Waals surface area contributed by atoms with Gasteiger partial charge in [-0.15, -0.1) is 0 Å². The second kappa shape index (κ2) is 4.87. The van der Waals surface area contributed by atoms with E-state index in [1.807, 2.05) is 6.92 Å². The van der Waals surface area contributed by atoms with Gasteiger partial charge in [-0.05, 0) is 33.7 Å². The predicted molar refractivity (Wildman–Crippen MR) is 69.9 cm³/mol. The van der Waals surface area contributed by atoms with Crippen LogP contribution >= 0.6 is 0 Å². The molecule has 0 aliphatic heterocycles. The summed E-state index contributed by atoms with van der Waals surface area (Å²) < 4.78 is 0. The van der Waals surface area contributed by atoms with E-state index in [4.69, 9.17) is 5.73 Å². The summed E-state index contributed by atoms with van der Waals surface area (Å²) in [6, 6.07) is 1.28. The molecule has 0 radical (unpaired) electrons. The smallest absolute Gasteiger partial charge is 0.134 e. The number of rotatable bonds is 5. The van der Waals surface area contributed by atoms with Crippen molar-refractivity contribution in [2.75, 3.05) is 24.6 Å². The van der Waals surface area contributed by atoms with E-state index in [0.29, 0.717) is 11.9 Å². The summed E-state index contributed by atoms with van der Waals surface area (Å²) in [7, 11) is 2.19. The maximum atomic E-state index is 5.74. The molecule has 1 aromatic heterocycles. The highest BCUT2D eigenvalue weighted by Crippen LogP contribution is 2.27. The van der Waals surface area contributed by atoms with Crippen LogP contribution in [0.4, 0.5) is 11.6 Å². The fraction of sp³-hybridized carbons (Fsp3) is 0.667. The molecule has 1 atom stereocenters. The summed E-state index contributed by atoms with van der Waals surface area (Å²) >= 11 is 0. The molecule has 0 amide bonds. The second-order valence-electron chi connectivity index (χ2n) is 4.86. The van der Waals surface area contributed by atoms with Gasteiger partial charge >= 0.3 is 0 Å². The number of hydrogen-bond acceptors (Lipinski definition) is 5. The van der Waals surface area contributed by atoms with Crippen LogP contribution in [-0.2, 0) is 0 Å². The lowest BCUT2D eigenvalue weighted by Crippen LogP contribution is -2.36. The van der Waals surface area contributed by atoms with Crippen LogP contribution in [0.2, 0.25) is 0 Å². The van der Waals surface area contributed by atoms with E-state index in [2.05, 4.69) is 34.2 Å². The molecule has 1 heterocycles. The number of anilines is 2. The molecule has 94 valence electrons. The van der Waals surface area contributed by atoms with Crippen molar-refractivity contribution in [3.63, 3.8) is 0 Å². The molecular formula is C12H21N5. The maximum absolute atomic E-state index is 5.74. The number of nitrogens with one attached hydrogen (secondary N) is 1. The Hall–Kier alpha value is -1.36. The second-order valence-corrected chi connectivity index (χ2v) is 4.86. The summed E-state index contributed by atoms with van der Waals surface area (Å²) in [6.07, 6.45) is 4.17. The molecular weight excluding hydrogens is 214 g/mol. The number of nitrogens with two attached hydrogens (primary N) is 1. The topological polar surface area (TPSA) is 67.1 Å². The summed E-state index contributed by atoms with van der Waals surface area (Å²) in [4.78, 5) is 10.6. The monoisotopic (exact) mass is 235 g/mol. The normalized spacial score (nSPS) is 17.2. The van der Waals surface area contributed by atoms with E-state index in [0.717, 1.165) is 24.0 Å². The molecule has 1 unspecified atom stereocenters. The van der Waals surface area contributed by atoms with Gasteiger partial charge in [-0.2, -0.15) is 0 Å². The highest BCUT2D eigenvalue weighted by atomic mass is 15.2. The van der Waals surface area contributed by atoms with E-state index in [1.54, 1.807) is 0 Å². The molecule has 1 aliphatic rings. The van der Waals surface area contributed by atoms with Crippen LogP contribution in [0.25, 0.3) is 0 Å². The first kappa shape index (κ1) is 12.1. The molecule has 1 saturated carbocycles. The maximum Gasteiger partial charge on any atom is 0.134 e. The lowest BCUT2D eigenvalue weighted by molar-refractivity contribution is 0.257. The first-order chi connectivity index (χ1) is 8.09. The standard InChI is InChI=1S/C12H21N5/c1-8(17(3)10-4-5-10)6-14-12-9(2)11(13)15-7-16-12/h7-8,10H,4-6H2,1-3H3,(H3,13,14,15,16). The van der Waals surface area contributed by atoms with Crippen molar-refractivity contribution in [3.8, 4) is 0 Å². The quantitative estimate of drug-likeness (QED) is 0.804. The fourth-order valence-electron chi connectivity index (χ4n) is 1.87. The molecule has 3 N–H and O–H groups in total. The summed E-state index contributed by atoms with van der Waals surface area (Å²) in [5.74, 6) is 1.39. The molecule has 2 rings (SSSR count). The highest BCUT2D eigenvalue weighted by molar-refractivity contribution is 5.53. The summed E-state index contributed by atoms with van der Waals surface area (Å²) in [6.45, 7) is 5.04. The Kier molecular flexibility index (Phi) is 3.47. The fourth-order valence-corrected chi connectivity index (χ4v) is 1.87. The van der Waals surface area contributed by atoms with Gasteiger partial charge < -0.3 is 11.1 Å². The average molecular weight is 235 g/mol. The van der Waals surface area contributed by atoms with Crippen LogP contribution in [0.3, 0.4) is 0 Å². The van der Waals surface area contributed by atoms with Crippen LogP contribution in [-0.4, -0.2) is 40.5 Å². The summed E-state index contributed by atoms with van der Waals surface area (Å²) in [5.41, 5.74) is 6.67. The minimum atomic E-state index is 0.498. The van der Waals surface area contributed by atoms with Crippen molar-refractivity contribution < 1.29 is 0 Å². The third-order valence-electron chi connectivity index (χ3n) is 3.51. The molecule has 5 nitrogen and oxygen atoms in total. The van der Waals surface area contributed by atoms with Gasteiger partial charge in [0.15, 0.2) is 0 Å². The Balaban J connectivity index is 1.90. The molecule has 5 heteroatoms. The Bertz CT molecular complexity index is 388. The van der Waals surface area contributed by atoms with Crippen LogP contribution in [0.15, 0.2) is 6.33 Å². The lowest BCUT2D eigenvalue weighted by Gasteiger charge is -2.25. The Morgan fingerprint density at radius 1 is 1.53 bits per heavy atom. The summed E-state index contributed by atoms with van der Waals surface area (Å²) in [5, 5.41) is 3.34. The highest BCUT2D eigenvalue weighted by Gasteiger charge is 2.28. The average Bonchev–Trinajstić information content (AvgIpc) is 3.13. The predicted octanol–water partition coefficient (Wildman–Crippen LogP) is 1.26. The lowest BCUT2D eigenvalue weighted by atomic mass is 10.2. The minimum absolute atomic E-state index is 0.498. The third-order valence-corrected chi connectivity index (χ3v) is 3.51. The van der Waals surface area contributed by atoms with Crippen molar-refractivity contribution in [2.24, 2.45) is 0 Å². The van der Waals surface area contributed by atoms with Crippen molar-refractivity contribution in [1.82, 2.24) is 14.9 Å². The van der Waals surface area contributed by atoms with E-state index < -0.39 is 0 Å². The van der Waals surface area contributed by atoms with Crippen molar-refractivity contribution in [2.45, 2.75) is 38.8 Å². The zero-order valence-corrected chi connectivity index (χ0v) is 10.8. The van der Waals surface area contributed by atoms with Crippen LogP contribution in [0.5, 0.6) is 0 Å². The van der Waals surface area contributed by atoms with Gasteiger partial charge in [-0.25, -0.2) is 9.97 Å². The van der Waals surface area contributed by atoms with Crippen molar-refractivity contribution >= 4 is 11.6 Å². The zero-order chi connectivity index (χ0) is 12.4. The van der Waals surface area contributed by atoms with Gasteiger partial charge in [0.25, 0.3) is 0 Å². The van der Waals surface area contributed by atoms with Crippen molar-refractivity contribution in [1.29, 1.82) is 0 Å². The van der Waals surface area contributed by atoms with Gasteiger partial charge in [0.05, 0.1) is 0 Å². The largest absolute Gasteiger partial charge is 0.383 e. The van der Waals surface area contributed by atoms with Crippen LogP contribution in [0.1, 0.15) is 25.3 Å². The Labute approximate surface area is 102 Å². The minimum Gasteiger partial charge on any atom is -0.383 e. The molecule has 0 spiro atoms. The van der Waals surface area contributed by atoms with E-state index in [-0.39, 0.29) is 0 Å². The van der Waals surface area contributed by atoms with E-state index >= 15 is 0 Å². The number of likely N-dealkylation sites (N-methyl/N-ethyl adjacent to an activating group) is 1. The molecule has 1 aromatic rings. The van der Waals surface area contributed by atoms with Gasteiger partial charge in [0.1, 0.15) is 18.0 Å². The van der Waals surface area contributed by atoms with Gasteiger partial charge in [-0.3, -0.25) is 4.90 Å². The van der Waals surface area contributed by atoms with E-state index in [1.165, 1.54) is 19.2 Å². The molecule has 1 fully saturated rings. The number of aromatic nitrogens is 2. The zero-order valence-electron chi connectivity index (χ0n) is 10.8. The van der Waals surface area contributed by atoms with Crippen LogP contribution in [0, 0.1) is 6.92 Å². The number of nitrogen functional groups attached to an aromatic ring is 1. The Morgan fingerprint density at radius 3 is 2.88 bits per heavy atom. The molecule has 0 aromatic carbocycles. The molecule has 0 bridgehead atoms. The third kappa shape index (κ3) is 2.85. The SMILES string of the molecule is Cc1c(N)ncnc1NCC(C)N(C)C1CC1. The first-order valence-corrected chi connectivity index (χ1v) is 6.12. The number of nitrogens with zero attached hydrogens (tertiary/aromatic N) is 3. The first-order valence-electron chi connectivity index (χ1n) is 6.12. The van der Waals surface area contributed by atoms with Crippen molar-refractivity contribution in [3.05, 3.63) is 11.9 Å². The van der Waals surface area contributed by atoms with E-state index in [9.17, 15) is 0 Å². The molecule has 17 heavy (non-hydrogen) atoms. The van der Waals surface area contributed by atoms with Gasteiger partial charge in [0.2, 0.25) is 0 Å². The van der Waals surface area contributed by atoms with Crippen LogP contribution < -0.4 is 11.1 Å². The van der Waals surface area contributed by atoms with Gasteiger partial charge in [-0.1, -0.05) is 0 Å². The van der Waals surface area contributed by atoms with Gasteiger partial charge in [0, 0.05) is 24.2 Å². The molecule has 0 saturated heterocycles. The Morgan fingerprint density at radius 2 is 2.24 bits per heavy atom. The number of hydrogen-bond donors (Lipinski definition) is 2.